The van der Waals surface area contributed by atoms with Gasteiger partial charge in [0.25, 0.3) is 11.6 Å². The van der Waals surface area contributed by atoms with E-state index in [1.807, 2.05) is 31.2 Å². The molecule has 0 spiro atoms. The summed E-state index contributed by atoms with van der Waals surface area (Å²) < 4.78 is 11.8. The number of nitrogens with one attached hydrogen (secondary N) is 1. The molecule has 8 nitrogen and oxygen atoms in total. The summed E-state index contributed by atoms with van der Waals surface area (Å²) in [7, 11) is 1.48. The van der Waals surface area contributed by atoms with E-state index in [0.717, 1.165) is 5.56 Å². The molecule has 0 aliphatic rings. The molecule has 0 heterocycles. The molecule has 9 heteroatoms. The summed E-state index contributed by atoms with van der Waals surface area (Å²) in [6.45, 7) is 1.75. The van der Waals surface area contributed by atoms with Crippen molar-refractivity contribution in [1.29, 1.82) is 5.26 Å². The van der Waals surface area contributed by atoms with E-state index in [0.29, 0.717) is 31.9 Å². The summed E-state index contributed by atoms with van der Waals surface area (Å²) in [6.07, 6.45) is 1.61. The Balaban J connectivity index is 1.80. The summed E-state index contributed by atoms with van der Waals surface area (Å²) in [5, 5.41) is 23.4. The van der Waals surface area contributed by atoms with Crippen molar-refractivity contribution in [2.75, 3.05) is 19.0 Å². The lowest BCUT2D eigenvalue weighted by molar-refractivity contribution is -0.384. The molecule has 0 aromatic heterocycles. The molecule has 1 amide bonds. The van der Waals surface area contributed by atoms with Gasteiger partial charge in [-0.05, 0) is 71.0 Å². The zero-order chi connectivity index (χ0) is 24.7. The molecule has 0 saturated heterocycles. The van der Waals surface area contributed by atoms with Crippen molar-refractivity contribution >= 4 is 51.5 Å². The molecule has 0 aliphatic carbocycles. The van der Waals surface area contributed by atoms with Gasteiger partial charge in [-0.1, -0.05) is 29.8 Å². The van der Waals surface area contributed by atoms with Gasteiger partial charge < -0.3 is 14.8 Å². The number of nitro groups is 1. The molecule has 3 aromatic carbocycles. The highest BCUT2D eigenvalue weighted by Gasteiger charge is 2.15. The summed E-state index contributed by atoms with van der Waals surface area (Å²) in [4.78, 5) is 22.8. The first-order chi connectivity index (χ1) is 16.3. The molecule has 0 radical (unpaired) electrons. The number of methoxy groups -OCH3 is 1. The highest BCUT2D eigenvalue weighted by molar-refractivity contribution is 14.1. The SMILES string of the molecule is COc1cc(/C=C(/C#N)c2cccc([N+](=O)[O-])c2)cc(I)c1OCC(=O)Nc1ccc(C)cc1. The maximum Gasteiger partial charge on any atom is 0.270 e. The van der Waals surface area contributed by atoms with Gasteiger partial charge in [-0.2, -0.15) is 5.26 Å². The third kappa shape index (κ3) is 6.32. The zero-order valence-electron chi connectivity index (χ0n) is 18.4. The number of benzene rings is 3. The van der Waals surface area contributed by atoms with Crippen LogP contribution in [-0.2, 0) is 4.79 Å². The molecule has 34 heavy (non-hydrogen) atoms. The minimum absolute atomic E-state index is 0.0986. The molecule has 1 N–H and O–H groups in total. The number of rotatable bonds is 8. The fraction of sp³-hybridized carbons (Fsp3) is 0.120. The van der Waals surface area contributed by atoms with Gasteiger partial charge >= 0.3 is 0 Å². The van der Waals surface area contributed by atoms with Gasteiger partial charge in [0.2, 0.25) is 0 Å². The predicted molar refractivity (Wildman–Crippen MR) is 138 cm³/mol. The minimum atomic E-state index is -0.508. The van der Waals surface area contributed by atoms with Crippen molar-refractivity contribution < 1.29 is 19.2 Å². The van der Waals surface area contributed by atoms with Crippen molar-refractivity contribution in [2.45, 2.75) is 6.92 Å². The van der Waals surface area contributed by atoms with Gasteiger partial charge in [0.1, 0.15) is 0 Å². The summed E-state index contributed by atoms with van der Waals surface area (Å²) >= 11 is 2.06. The number of carbonyl (C=O) groups is 1. The molecule has 3 rings (SSSR count). The molecule has 0 fully saturated rings. The van der Waals surface area contributed by atoms with Crippen molar-refractivity contribution in [2.24, 2.45) is 0 Å². The topological polar surface area (TPSA) is 114 Å². The van der Waals surface area contributed by atoms with E-state index < -0.39 is 4.92 Å². The van der Waals surface area contributed by atoms with Gasteiger partial charge in [-0.15, -0.1) is 0 Å². The van der Waals surface area contributed by atoms with Crippen LogP contribution in [-0.4, -0.2) is 24.5 Å². The number of amides is 1. The number of ether oxygens (including phenoxy) is 2. The molecule has 3 aromatic rings. The molecule has 0 saturated carbocycles. The highest BCUT2D eigenvalue weighted by atomic mass is 127. The lowest BCUT2D eigenvalue weighted by Crippen LogP contribution is -2.20. The zero-order valence-corrected chi connectivity index (χ0v) is 20.5. The number of allylic oxidation sites excluding steroid dienone is 1. The number of nitriles is 1. The fourth-order valence-corrected chi connectivity index (χ4v) is 3.85. The normalized spacial score (nSPS) is 10.8. The number of anilines is 1. The maximum atomic E-state index is 12.3. The van der Waals surface area contributed by atoms with E-state index in [2.05, 4.69) is 34.0 Å². The smallest absolute Gasteiger partial charge is 0.270 e. The minimum Gasteiger partial charge on any atom is -0.493 e. The van der Waals surface area contributed by atoms with Gasteiger partial charge in [-0.25, -0.2) is 0 Å². The number of non-ortho nitro benzene ring substituents is 1. The van der Waals surface area contributed by atoms with E-state index in [-0.39, 0.29) is 23.8 Å². The third-order valence-corrected chi connectivity index (χ3v) is 5.54. The van der Waals surface area contributed by atoms with Gasteiger partial charge in [0, 0.05) is 17.8 Å². The summed E-state index contributed by atoms with van der Waals surface area (Å²) in [5.74, 6) is 0.467. The second kappa shape index (κ2) is 11.3. The average Bonchev–Trinajstić information content (AvgIpc) is 2.83. The van der Waals surface area contributed by atoms with Crippen LogP contribution in [0.5, 0.6) is 11.5 Å². The Labute approximate surface area is 210 Å². The Hall–Kier alpha value is -3.91. The lowest BCUT2D eigenvalue weighted by Gasteiger charge is -2.14. The number of carbonyl (C=O) groups excluding carboxylic acids is 1. The van der Waals surface area contributed by atoms with Crippen LogP contribution in [0.15, 0.2) is 60.7 Å². The van der Waals surface area contributed by atoms with Crippen LogP contribution in [0.2, 0.25) is 0 Å². The maximum absolute atomic E-state index is 12.3. The van der Waals surface area contributed by atoms with Crippen LogP contribution in [0.3, 0.4) is 0 Å². The monoisotopic (exact) mass is 569 g/mol. The Morgan fingerprint density at radius 1 is 1.21 bits per heavy atom. The van der Waals surface area contributed by atoms with E-state index in [1.165, 1.54) is 25.3 Å². The summed E-state index contributed by atoms with van der Waals surface area (Å²) in [6, 6.07) is 18.8. The Kier molecular flexibility index (Phi) is 8.21. The molecule has 0 unspecified atom stereocenters. The number of nitrogens with zero attached hydrogens (tertiary/aromatic N) is 2. The van der Waals surface area contributed by atoms with Crippen LogP contribution in [0.25, 0.3) is 11.6 Å². The average molecular weight is 569 g/mol. The van der Waals surface area contributed by atoms with Crippen LogP contribution in [0, 0.1) is 31.9 Å². The second-order valence-corrected chi connectivity index (χ2v) is 8.38. The third-order valence-electron chi connectivity index (χ3n) is 4.73. The number of aryl methyl sites for hydroxylation is 1. The molecule has 0 atom stereocenters. The Morgan fingerprint density at radius 3 is 2.59 bits per heavy atom. The number of halogens is 1. The van der Waals surface area contributed by atoms with Gasteiger partial charge in [-0.3, -0.25) is 14.9 Å². The number of hydrogen-bond acceptors (Lipinski definition) is 6. The second-order valence-electron chi connectivity index (χ2n) is 7.21. The van der Waals surface area contributed by atoms with Crippen LogP contribution >= 0.6 is 22.6 Å². The van der Waals surface area contributed by atoms with E-state index >= 15 is 0 Å². The first-order valence-electron chi connectivity index (χ1n) is 10.0. The lowest BCUT2D eigenvalue weighted by atomic mass is 10.0. The van der Waals surface area contributed by atoms with Gasteiger partial charge in [0.05, 0.1) is 27.2 Å². The molecule has 0 bridgehead atoms. The van der Waals surface area contributed by atoms with E-state index in [1.54, 1.807) is 24.3 Å². The van der Waals surface area contributed by atoms with Crippen LogP contribution in [0.1, 0.15) is 16.7 Å². The summed E-state index contributed by atoms with van der Waals surface area (Å²) in [5.41, 5.74) is 2.99. The van der Waals surface area contributed by atoms with Crippen LogP contribution in [0.4, 0.5) is 11.4 Å². The Morgan fingerprint density at radius 2 is 1.94 bits per heavy atom. The van der Waals surface area contributed by atoms with E-state index in [4.69, 9.17) is 9.47 Å². The van der Waals surface area contributed by atoms with E-state index in [9.17, 15) is 20.2 Å². The highest BCUT2D eigenvalue weighted by Crippen LogP contribution is 2.35. The number of nitro benzene ring substituents is 1. The molecule has 172 valence electrons. The number of hydrogen-bond donors (Lipinski definition) is 1. The largest absolute Gasteiger partial charge is 0.493 e. The van der Waals surface area contributed by atoms with Crippen LogP contribution < -0.4 is 14.8 Å². The molecular formula is C25H20IN3O5. The fourth-order valence-electron chi connectivity index (χ4n) is 3.07. The van der Waals surface area contributed by atoms with Gasteiger partial charge in [0.15, 0.2) is 18.1 Å². The van der Waals surface area contributed by atoms with Crippen molar-refractivity contribution in [3.8, 4) is 17.6 Å². The first-order valence-corrected chi connectivity index (χ1v) is 11.1. The van der Waals surface area contributed by atoms with Crippen molar-refractivity contribution in [1.82, 2.24) is 0 Å². The van der Waals surface area contributed by atoms with Crippen molar-refractivity contribution in [3.05, 3.63) is 91.0 Å². The first kappa shape index (κ1) is 24.7. The standard InChI is InChI=1S/C25H20IN3O5/c1-16-6-8-20(9-7-16)28-24(30)15-34-25-22(26)11-17(12-23(25)33-2)10-19(14-27)18-4-3-5-21(13-18)29(31)32/h3-13H,15H2,1-2H3,(H,28,30)/b19-10-. The Bertz CT molecular complexity index is 1300. The van der Waals surface area contributed by atoms with Crippen molar-refractivity contribution in [3.63, 3.8) is 0 Å². The quantitative estimate of drug-likeness (QED) is 0.124. The molecule has 0 aliphatic heterocycles. The molecular weight excluding hydrogens is 549 g/mol. The predicted octanol–water partition coefficient (Wildman–Crippen LogP) is 5.60.